The summed E-state index contributed by atoms with van der Waals surface area (Å²) >= 11 is 3.37. The number of hydrogen-bond donors (Lipinski definition) is 2. The molecule has 5 nitrogen and oxygen atoms in total. The van der Waals surface area contributed by atoms with Gasteiger partial charge in [-0.1, -0.05) is 15.9 Å². The van der Waals surface area contributed by atoms with E-state index < -0.39 is 6.10 Å². The Bertz CT molecular complexity index is 440. The van der Waals surface area contributed by atoms with Gasteiger partial charge >= 0.3 is 6.03 Å². The molecule has 0 bridgehead atoms. The Kier molecular flexibility index (Phi) is 6.27. The zero-order chi connectivity index (χ0) is 14.4. The summed E-state index contributed by atoms with van der Waals surface area (Å²) in [6.07, 6.45) is -0.688. The van der Waals surface area contributed by atoms with Gasteiger partial charge in [0.15, 0.2) is 0 Å². The van der Waals surface area contributed by atoms with E-state index in [-0.39, 0.29) is 19.2 Å². The standard InChI is InChI=1S/C13H19BrN2O3/c1-9-6-10(14)4-5-12(9)15-13(18)16(2)7-11(17)8-19-3/h4-6,11,17H,7-8H2,1-3H3,(H,15,18). The Morgan fingerprint density at radius 2 is 2.26 bits per heavy atom. The first kappa shape index (κ1) is 15.9. The molecule has 19 heavy (non-hydrogen) atoms. The molecule has 0 heterocycles. The third-order valence-electron chi connectivity index (χ3n) is 2.62. The second kappa shape index (κ2) is 7.47. The van der Waals surface area contributed by atoms with E-state index in [9.17, 15) is 9.90 Å². The van der Waals surface area contributed by atoms with Gasteiger partial charge < -0.3 is 20.1 Å². The van der Waals surface area contributed by atoms with E-state index in [1.165, 1.54) is 12.0 Å². The van der Waals surface area contributed by atoms with Crippen LogP contribution in [0.15, 0.2) is 22.7 Å². The second-order valence-electron chi connectivity index (χ2n) is 4.38. The third-order valence-corrected chi connectivity index (χ3v) is 3.11. The lowest BCUT2D eigenvalue weighted by molar-refractivity contribution is 0.0501. The van der Waals surface area contributed by atoms with E-state index in [1.54, 1.807) is 7.05 Å². The summed E-state index contributed by atoms with van der Waals surface area (Å²) in [6, 6.07) is 5.36. The number of aliphatic hydroxyl groups excluding tert-OH is 1. The summed E-state index contributed by atoms with van der Waals surface area (Å²) in [5.74, 6) is 0. The molecule has 0 aromatic heterocycles. The number of carbonyl (C=O) groups excluding carboxylic acids is 1. The molecule has 0 fully saturated rings. The number of carbonyl (C=O) groups is 1. The number of amides is 2. The van der Waals surface area contributed by atoms with Gasteiger partial charge in [-0.05, 0) is 30.7 Å². The highest BCUT2D eigenvalue weighted by molar-refractivity contribution is 9.10. The highest BCUT2D eigenvalue weighted by Gasteiger charge is 2.14. The maximum absolute atomic E-state index is 11.9. The zero-order valence-corrected chi connectivity index (χ0v) is 12.9. The number of hydrogen-bond acceptors (Lipinski definition) is 3. The van der Waals surface area contributed by atoms with Gasteiger partial charge in [0.05, 0.1) is 19.3 Å². The fourth-order valence-corrected chi connectivity index (χ4v) is 2.10. The molecule has 2 amide bonds. The normalized spacial score (nSPS) is 12.1. The molecule has 0 saturated heterocycles. The predicted octanol–water partition coefficient (Wildman–Crippen LogP) is 2.23. The minimum atomic E-state index is -0.688. The van der Waals surface area contributed by atoms with E-state index in [0.29, 0.717) is 0 Å². The Labute approximate surface area is 121 Å². The average molecular weight is 331 g/mol. The van der Waals surface area contributed by atoms with E-state index >= 15 is 0 Å². The van der Waals surface area contributed by atoms with Crippen molar-refractivity contribution in [1.82, 2.24) is 4.90 Å². The van der Waals surface area contributed by atoms with E-state index in [4.69, 9.17) is 4.74 Å². The highest BCUT2D eigenvalue weighted by Crippen LogP contribution is 2.20. The Balaban J connectivity index is 2.58. The molecule has 0 aliphatic rings. The average Bonchev–Trinajstić information content (AvgIpc) is 2.32. The van der Waals surface area contributed by atoms with Gasteiger partial charge in [-0.25, -0.2) is 4.79 Å². The quantitative estimate of drug-likeness (QED) is 0.870. The number of aliphatic hydroxyl groups is 1. The SMILES string of the molecule is COCC(O)CN(C)C(=O)Nc1ccc(Br)cc1C. The summed E-state index contributed by atoms with van der Waals surface area (Å²) in [7, 11) is 3.14. The number of halogens is 1. The Morgan fingerprint density at radius 1 is 1.58 bits per heavy atom. The molecule has 0 spiro atoms. The summed E-state index contributed by atoms with van der Waals surface area (Å²) in [4.78, 5) is 13.4. The maximum Gasteiger partial charge on any atom is 0.321 e. The predicted molar refractivity (Wildman–Crippen MR) is 78.4 cm³/mol. The van der Waals surface area contributed by atoms with E-state index in [0.717, 1.165) is 15.7 Å². The molecule has 0 radical (unpaired) electrons. The highest BCUT2D eigenvalue weighted by atomic mass is 79.9. The van der Waals surface area contributed by atoms with Crippen LogP contribution in [0.4, 0.5) is 10.5 Å². The maximum atomic E-state index is 11.9. The largest absolute Gasteiger partial charge is 0.389 e. The smallest absolute Gasteiger partial charge is 0.321 e. The van der Waals surface area contributed by atoms with Gasteiger partial charge in [-0.2, -0.15) is 0 Å². The Morgan fingerprint density at radius 3 is 2.84 bits per heavy atom. The van der Waals surface area contributed by atoms with Gasteiger partial charge in [0.2, 0.25) is 0 Å². The number of urea groups is 1. The van der Waals surface area contributed by atoms with Crippen molar-refractivity contribution in [2.75, 3.05) is 32.6 Å². The van der Waals surface area contributed by atoms with Crippen LogP contribution in [-0.2, 0) is 4.74 Å². The van der Waals surface area contributed by atoms with Gasteiger partial charge in [0.25, 0.3) is 0 Å². The second-order valence-corrected chi connectivity index (χ2v) is 5.29. The number of aryl methyl sites for hydroxylation is 1. The van der Waals surface area contributed by atoms with Crippen molar-refractivity contribution in [3.05, 3.63) is 28.2 Å². The fourth-order valence-electron chi connectivity index (χ4n) is 1.62. The van der Waals surface area contributed by atoms with E-state index in [2.05, 4.69) is 21.2 Å². The van der Waals surface area contributed by atoms with Crippen molar-refractivity contribution in [3.63, 3.8) is 0 Å². The van der Waals surface area contributed by atoms with Crippen molar-refractivity contribution in [2.45, 2.75) is 13.0 Å². The minimum absolute atomic E-state index is 0.203. The molecular weight excluding hydrogens is 312 g/mol. The number of anilines is 1. The number of ether oxygens (including phenoxy) is 1. The number of benzene rings is 1. The van der Waals surface area contributed by atoms with Crippen LogP contribution >= 0.6 is 15.9 Å². The van der Waals surface area contributed by atoms with Crippen LogP contribution in [0.1, 0.15) is 5.56 Å². The van der Waals surface area contributed by atoms with Crippen LogP contribution in [-0.4, -0.2) is 49.5 Å². The number of nitrogens with one attached hydrogen (secondary N) is 1. The number of methoxy groups -OCH3 is 1. The van der Waals surface area contributed by atoms with Gasteiger partial charge in [-0.3, -0.25) is 0 Å². The molecule has 0 aliphatic heterocycles. The topological polar surface area (TPSA) is 61.8 Å². The molecule has 1 rings (SSSR count). The summed E-state index contributed by atoms with van der Waals surface area (Å²) < 4.78 is 5.79. The molecule has 2 N–H and O–H groups in total. The van der Waals surface area contributed by atoms with E-state index in [1.807, 2.05) is 25.1 Å². The number of rotatable bonds is 5. The van der Waals surface area contributed by atoms with Crippen LogP contribution < -0.4 is 5.32 Å². The lowest BCUT2D eigenvalue weighted by atomic mass is 10.2. The van der Waals surface area contributed by atoms with Crippen molar-refractivity contribution in [2.24, 2.45) is 0 Å². The number of likely N-dealkylation sites (N-methyl/N-ethyl adjacent to an activating group) is 1. The fraction of sp³-hybridized carbons (Fsp3) is 0.462. The number of nitrogens with zero attached hydrogens (tertiary/aromatic N) is 1. The summed E-state index contributed by atoms with van der Waals surface area (Å²) in [5, 5.41) is 12.4. The molecule has 0 saturated carbocycles. The van der Waals surface area contributed by atoms with Crippen LogP contribution in [0.5, 0.6) is 0 Å². The zero-order valence-electron chi connectivity index (χ0n) is 11.3. The summed E-state index contributed by atoms with van der Waals surface area (Å²) in [6.45, 7) is 2.34. The van der Waals surface area contributed by atoms with Gasteiger partial charge in [0.1, 0.15) is 0 Å². The minimum Gasteiger partial charge on any atom is -0.389 e. The first-order chi connectivity index (χ1) is 8.93. The molecule has 6 heteroatoms. The van der Waals surface area contributed by atoms with Gasteiger partial charge in [-0.15, -0.1) is 0 Å². The first-order valence-corrected chi connectivity index (χ1v) is 6.68. The van der Waals surface area contributed by atoms with Crippen molar-refractivity contribution in [3.8, 4) is 0 Å². The van der Waals surface area contributed by atoms with Crippen LogP contribution in [0.25, 0.3) is 0 Å². The molecular formula is C13H19BrN2O3. The monoisotopic (exact) mass is 330 g/mol. The summed E-state index contributed by atoms with van der Waals surface area (Å²) in [5.41, 5.74) is 1.72. The molecule has 106 valence electrons. The Hall–Kier alpha value is -1.11. The molecule has 1 aromatic carbocycles. The van der Waals surface area contributed by atoms with Crippen LogP contribution in [0, 0.1) is 6.92 Å². The third kappa shape index (κ3) is 5.18. The van der Waals surface area contributed by atoms with Crippen molar-refractivity contribution >= 4 is 27.6 Å². The lowest BCUT2D eigenvalue weighted by Crippen LogP contribution is -2.38. The lowest BCUT2D eigenvalue weighted by Gasteiger charge is -2.21. The molecule has 1 aromatic rings. The first-order valence-electron chi connectivity index (χ1n) is 5.89. The molecule has 1 unspecified atom stereocenters. The van der Waals surface area contributed by atoms with Crippen LogP contribution in [0.2, 0.25) is 0 Å². The molecule has 1 atom stereocenters. The van der Waals surface area contributed by atoms with Crippen molar-refractivity contribution in [1.29, 1.82) is 0 Å². The molecule has 0 aliphatic carbocycles. The van der Waals surface area contributed by atoms with Crippen LogP contribution in [0.3, 0.4) is 0 Å². The van der Waals surface area contributed by atoms with Crippen molar-refractivity contribution < 1.29 is 14.6 Å². The van der Waals surface area contributed by atoms with Gasteiger partial charge in [0, 0.05) is 24.3 Å².